The second-order valence-electron chi connectivity index (χ2n) is 3.67. The van der Waals surface area contributed by atoms with Gasteiger partial charge < -0.3 is 10.1 Å². The number of nitrogens with zero attached hydrogens (tertiary/aromatic N) is 2. The predicted octanol–water partition coefficient (Wildman–Crippen LogP) is 2.41. The van der Waals surface area contributed by atoms with Gasteiger partial charge in [-0.1, -0.05) is 6.07 Å². The van der Waals surface area contributed by atoms with Crippen molar-refractivity contribution in [2.45, 2.75) is 13.5 Å². The molecule has 0 saturated heterocycles. The van der Waals surface area contributed by atoms with Crippen LogP contribution in [0.4, 0.5) is 5.82 Å². The van der Waals surface area contributed by atoms with Gasteiger partial charge in [-0.15, -0.1) is 0 Å². The Kier molecular flexibility index (Phi) is 3.55. The molecule has 0 aliphatic rings. The van der Waals surface area contributed by atoms with Crippen molar-refractivity contribution in [1.82, 2.24) is 9.97 Å². The number of pyridine rings is 2. The van der Waals surface area contributed by atoms with E-state index in [9.17, 15) is 0 Å². The van der Waals surface area contributed by atoms with E-state index < -0.39 is 0 Å². The topological polar surface area (TPSA) is 47.0 Å². The Labute approximate surface area is 101 Å². The maximum Gasteiger partial charge on any atom is 0.169 e. The number of nitrogens with one attached hydrogen (secondary N) is 1. The SMILES string of the molecule is COc1cccnc1NCc1ncccc1C. The third-order valence-electron chi connectivity index (χ3n) is 2.53. The molecule has 2 heterocycles. The molecule has 4 nitrogen and oxygen atoms in total. The second-order valence-corrected chi connectivity index (χ2v) is 3.67. The van der Waals surface area contributed by atoms with E-state index >= 15 is 0 Å². The van der Waals surface area contributed by atoms with E-state index in [1.54, 1.807) is 19.5 Å². The summed E-state index contributed by atoms with van der Waals surface area (Å²) >= 11 is 0. The highest BCUT2D eigenvalue weighted by atomic mass is 16.5. The number of methoxy groups -OCH3 is 1. The first kappa shape index (κ1) is 11.4. The molecule has 0 fully saturated rings. The Balaban J connectivity index is 2.10. The van der Waals surface area contributed by atoms with Gasteiger partial charge in [0.05, 0.1) is 19.3 Å². The van der Waals surface area contributed by atoms with E-state index in [0.29, 0.717) is 6.54 Å². The molecule has 0 aromatic carbocycles. The van der Waals surface area contributed by atoms with Crippen molar-refractivity contribution >= 4 is 5.82 Å². The van der Waals surface area contributed by atoms with Crippen LogP contribution in [0.1, 0.15) is 11.3 Å². The summed E-state index contributed by atoms with van der Waals surface area (Å²) in [4.78, 5) is 8.55. The van der Waals surface area contributed by atoms with Gasteiger partial charge in [-0.05, 0) is 30.7 Å². The minimum absolute atomic E-state index is 0.639. The summed E-state index contributed by atoms with van der Waals surface area (Å²) in [6.45, 7) is 2.68. The highest BCUT2D eigenvalue weighted by molar-refractivity contribution is 5.49. The van der Waals surface area contributed by atoms with Crippen LogP contribution >= 0.6 is 0 Å². The molecule has 17 heavy (non-hydrogen) atoms. The van der Waals surface area contributed by atoms with Gasteiger partial charge in [0.1, 0.15) is 0 Å². The van der Waals surface area contributed by atoms with Gasteiger partial charge in [0.2, 0.25) is 0 Å². The lowest BCUT2D eigenvalue weighted by Gasteiger charge is -2.10. The van der Waals surface area contributed by atoms with E-state index in [-0.39, 0.29) is 0 Å². The molecule has 2 rings (SSSR count). The van der Waals surface area contributed by atoms with Gasteiger partial charge in [0.25, 0.3) is 0 Å². The molecule has 0 spiro atoms. The van der Waals surface area contributed by atoms with Crippen molar-refractivity contribution in [3.63, 3.8) is 0 Å². The van der Waals surface area contributed by atoms with Gasteiger partial charge >= 0.3 is 0 Å². The first-order valence-corrected chi connectivity index (χ1v) is 5.44. The Morgan fingerprint density at radius 2 is 1.94 bits per heavy atom. The average Bonchev–Trinajstić information content (AvgIpc) is 2.38. The van der Waals surface area contributed by atoms with Crippen LogP contribution in [0.3, 0.4) is 0 Å². The minimum atomic E-state index is 0.639. The maximum absolute atomic E-state index is 5.22. The zero-order valence-electron chi connectivity index (χ0n) is 9.97. The molecule has 2 aromatic rings. The molecule has 2 aromatic heterocycles. The fourth-order valence-corrected chi connectivity index (χ4v) is 1.56. The normalized spacial score (nSPS) is 10.0. The first-order valence-electron chi connectivity index (χ1n) is 5.44. The lowest BCUT2D eigenvalue weighted by atomic mass is 10.2. The zero-order chi connectivity index (χ0) is 12.1. The van der Waals surface area contributed by atoms with Gasteiger partial charge in [-0.3, -0.25) is 4.98 Å². The van der Waals surface area contributed by atoms with Crippen LogP contribution in [0.25, 0.3) is 0 Å². The molecule has 88 valence electrons. The largest absolute Gasteiger partial charge is 0.493 e. The lowest BCUT2D eigenvalue weighted by Crippen LogP contribution is -2.05. The van der Waals surface area contributed by atoms with Crippen LogP contribution in [-0.4, -0.2) is 17.1 Å². The standard InChI is InChI=1S/C13H15N3O/c1-10-5-3-7-14-11(10)9-16-13-12(17-2)6-4-8-15-13/h3-8H,9H2,1-2H3,(H,15,16). The van der Waals surface area contributed by atoms with Crippen LogP contribution in [0.15, 0.2) is 36.7 Å². The molecular weight excluding hydrogens is 214 g/mol. The molecule has 1 N–H and O–H groups in total. The molecule has 0 bridgehead atoms. The molecule has 0 aliphatic heterocycles. The summed E-state index contributed by atoms with van der Waals surface area (Å²) < 4.78 is 5.22. The van der Waals surface area contributed by atoms with E-state index in [4.69, 9.17) is 4.74 Å². The summed E-state index contributed by atoms with van der Waals surface area (Å²) in [5, 5.41) is 3.22. The first-order chi connectivity index (χ1) is 8.31. The lowest BCUT2D eigenvalue weighted by molar-refractivity contribution is 0.415. The van der Waals surface area contributed by atoms with Gasteiger partial charge in [-0.2, -0.15) is 0 Å². The molecule has 0 radical (unpaired) electrons. The van der Waals surface area contributed by atoms with E-state index in [1.807, 2.05) is 31.2 Å². The van der Waals surface area contributed by atoms with Crippen molar-refractivity contribution in [1.29, 1.82) is 0 Å². The summed E-state index contributed by atoms with van der Waals surface area (Å²) in [5.74, 6) is 1.47. The number of aryl methyl sites for hydroxylation is 1. The smallest absolute Gasteiger partial charge is 0.169 e. The second kappa shape index (κ2) is 5.30. The Morgan fingerprint density at radius 1 is 1.18 bits per heavy atom. The van der Waals surface area contributed by atoms with Crippen molar-refractivity contribution in [2.24, 2.45) is 0 Å². The van der Waals surface area contributed by atoms with E-state index in [0.717, 1.165) is 22.8 Å². The summed E-state index contributed by atoms with van der Waals surface area (Å²) in [6, 6.07) is 7.69. The summed E-state index contributed by atoms with van der Waals surface area (Å²) in [5.41, 5.74) is 2.18. The van der Waals surface area contributed by atoms with Gasteiger partial charge in [0.15, 0.2) is 11.6 Å². The van der Waals surface area contributed by atoms with Crippen molar-refractivity contribution < 1.29 is 4.74 Å². The van der Waals surface area contributed by atoms with Crippen LogP contribution in [0.2, 0.25) is 0 Å². The third kappa shape index (κ3) is 2.72. The fraction of sp³-hybridized carbons (Fsp3) is 0.231. The number of hydrogen-bond donors (Lipinski definition) is 1. The maximum atomic E-state index is 5.22. The van der Waals surface area contributed by atoms with Crippen molar-refractivity contribution in [3.8, 4) is 5.75 Å². The molecule has 0 aliphatic carbocycles. The number of rotatable bonds is 4. The molecule has 0 unspecified atom stereocenters. The summed E-state index contributed by atoms with van der Waals surface area (Å²) in [7, 11) is 1.63. The van der Waals surface area contributed by atoms with Crippen LogP contribution in [0.5, 0.6) is 5.75 Å². The molecular formula is C13H15N3O. The number of ether oxygens (including phenoxy) is 1. The minimum Gasteiger partial charge on any atom is -0.493 e. The monoisotopic (exact) mass is 229 g/mol. The Bertz CT molecular complexity index is 500. The number of aromatic nitrogens is 2. The number of anilines is 1. The fourth-order valence-electron chi connectivity index (χ4n) is 1.56. The van der Waals surface area contributed by atoms with Gasteiger partial charge in [0, 0.05) is 12.4 Å². The average molecular weight is 229 g/mol. The zero-order valence-corrected chi connectivity index (χ0v) is 9.97. The quantitative estimate of drug-likeness (QED) is 0.874. The highest BCUT2D eigenvalue weighted by Crippen LogP contribution is 2.20. The van der Waals surface area contributed by atoms with E-state index in [2.05, 4.69) is 15.3 Å². The molecule has 0 saturated carbocycles. The third-order valence-corrected chi connectivity index (χ3v) is 2.53. The molecule has 0 amide bonds. The van der Waals surface area contributed by atoms with Crippen molar-refractivity contribution in [3.05, 3.63) is 47.9 Å². The Hall–Kier alpha value is -2.10. The summed E-state index contributed by atoms with van der Waals surface area (Å²) in [6.07, 6.45) is 3.52. The highest BCUT2D eigenvalue weighted by Gasteiger charge is 2.04. The van der Waals surface area contributed by atoms with Crippen LogP contribution in [0, 0.1) is 6.92 Å². The molecule has 4 heteroatoms. The number of hydrogen-bond acceptors (Lipinski definition) is 4. The molecule has 0 atom stereocenters. The van der Waals surface area contributed by atoms with Crippen molar-refractivity contribution in [2.75, 3.05) is 12.4 Å². The van der Waals surface area contributed by atoms with Gasteiger partial charge in [-0.25, -0.2) is 4.98 Å². The predicted molar refractivity (Wildman–Crippen MR) is 67.1 cm³/mol. The van der Waals surface area contributed by atoms with E-state index in [1.165, 1.54) is 0 Å². The Morgan fingerprint density at radius 3 is 2.71 bits per heavy atom. The van der Waals surface area contributed by atoms with Crippen LogP contribution < -0.4 is 10.1 Å². The van der Waals surface area contributed by atoms with Crippen LogP contribution in [-0.2, 0) is 6.54 Å².